The third-order valence-corrected chi connectivity index (χ3v) is 7.89. The van der Waals surface area contributed by atoms with Crippen molar-refractivity contribution < 1.29 is 14.7 Å². The number of nitrogens with zero attached hydrogens (tertiary/aromatic N) is 1. The van der Waals surface area contributed by atoms with Gasteiger partial charge in [0.2, 0.25) is 5.91 Å². The first-order valence-corrected chi connectivity index (χ1v) is 13.2. The van der Waals surface area contributed by atoms with Crippen molar-refractivity contribution in [1.29, 1.82) is 0 Å². The second-order valence-corrected chi connectivity index (χ2v) is 10.4. The SMILES string of the molecule is Cl.N[C@@H](CSSC[C@H](N)C(=O)N(c1ccc2ccccc2c1)c1ccc2ccccc2c1)C(=O)O. The molecule has 182 valence electrons. The molecule has 9 heteroatoms. The van der Waals surface area contributed by atoms with Crippen molar-refractivity contribution >= 4 is 78.8 Å². The predicted octanol–water partition coefficient (Wildman–Crippen LogP) is 5.20. The molecule has 4 rings (SSSR count). The molecule has 35 heavy (non-hydrogen) atoms. The number of anilines is 2. The van der Waals surface area contributed by atoms with Gasteiger partial charge in [-0.2, -0.15) is 0 Å². The molecule has 2 atom stereocenters. The number of amides is 1. The highest BCUT2D eigenvalue weighted by Gasteiger charge is 2.25. The third-order valence-electron chi connectivity index (χ3n) is 5.42. The number of fused-ring (bicyclic) bond motifs is 2. The van der Waals surface area contributed by atoms with Crippen LogP contribution in [0.3, 0.4) is 0 Å². The third kappa shape index (κ3) is 6.48. The summed E-state index contributed by atoms with van der Waals surface area (Å²) in [4.78, 5) is 26.2. The fraction of sp³-hybridized carbons (Fsp3) is 0.154. The van der Waals surface area contributed by atoms with Crippen LogP contribution >= 0.6 is 34.0 Å². The molecule has 0 saturated heterocycles. The first-order chi connectivity index (χ1) is 16.4. The Bertz CT molecular complexity index is 1260. The number of benzene rings is 4. The molecule has 0 aromatic heterocycles. The fourth-order valence-corrected chi connectivity index (χ4v) is 5.81. The number of halogens is 1. The molecule has 1 amide bonds. The number of carbonyl (C=O) groups is 2. The van der Waals surface area contributed by atoms with Crippen LogP contribution in [0, 0.1) is 0 Å². The first-order valence-electron chi connectivity index (χ1n) is 10.7. The van der Waals surface area contributed by atoms with Gasteiger partial charge in [0, 0.05) is 22.9 Å². The van der Waals surface area contributed by atoms with E-state index in [0.29, 0.717) is 5.75 Å². The molecule has 0 aliphatic heterocycles. The molecule has 0 aliphatic carbocycles. The lowest BCUT2D eigenvalue weighted by molar-refractivity contribution is -0.137. The lowest BCUT2D eigenvalue weighted by Crippen LogP contribution is -2.43. The molecular formula is C26H26ClN3O3S2. The van der Waals surface area contributed by atoms with E-state index in [2.05, 4.69) is 0 Å². The number of rotatable bonds is 9. The fourth-order valence-electron chi connectivity index (χ4n) is 3.59. The zero-order valence-corrected chi connectivity index (χ0v) is 21.2. The van der Waals surface area contributed by atoms with Crippen molar-refractivity contribution in [2.75, 3.05) is 16.4 Å². The predicted molar refractivity (Wildman–Crippen MR) is 151 cm³/mol. The van der Waals surface area contributed by atoms with Gasteiger partial charge in [-0.15, -0.1) is 12.4 Å². The second-order valence-electron chi connectivity index (χ2n) is 7.86. The van der Waals surface area contributed by atoms with E-state index in [9.17, 15) is 9.59 Å². The van der Waals surface area contributed by atoms with Crippen LogP contribution in [0.1, 0.15) is 0 Å². The summed E-state index contributed by atoms with van der Waals surface area (Å²) in [5, 5.41) is 13.1. The average Bonchev–Trinajstić information content (AvgIpc) is 2.86. The van der Waals surface area contributed by atoms with Gasteiger partial charge in [0.05, 0.1) is 6.04 Å². The van der Waals surface area contributed by atoms with Gasteiger partial charge in [-0.3, -0.25) is 14.5 Å². The minimum absolute atomic E-state index is 0. The molecule has 4 aromatic rings. The van der Waals surface area contributed by atoms with Crippen LogP contribution in [-0.4, -0.2) is 40.6 Å². The Kier molecular flexibility index (Phi) is 9.42. The standard InChI is InChI=1S/C26H25N3O3S2.ClH/c27-23(15-33-34-16-24(28)26(31)32)25(30)29(21-11-9-17-5-1-3-7-19(17)13-21)22-12-10-18-6-2-4-8-20(18)14-22;/h1-14,23-24H,15-16,27-28H2,(H,31,32);1H/t23-,24-;/m0./s1. The van der Waals surface area contributed by atoms with Crippen molar-refractivity contribution in [3.8, 4) is 0 Å². The van der Waals surface area contributed by atoms with Crippen LogP contribution in [0.25, 0.3) is 21.5 Å². The van der Waals surface area contributed by atoms with Crippen molar-refractivity contribution in [2.24, 2.45) is 11.5 Å². The number of hydrogen-bond donors (Lipinski definition) is 3. The van der Waals surface area contributed by atoms with E-state index in [4.69, 9.17) is 16.6 Å². The number of carbonyl (C=O) groups excluding carboxylic acids is 1. The summed E-state index contributed by atoms with van der Waals surface area (Å²) in [7, 11) is 2.65. The molecule has 0 unspecified atom stereocenters. The molecule has 6 nitrogen and oxygen atoms in total. The van der Waals surface area contributed by atoms with E-state index < -0.39 is 18.1 Å². The molecular weight excluding hydrogens is 502 g/mol. The van der Waals surface area contributed by atoms with E-state index >= 15 is 0 Å². The maximum Gasteiger partial charge on any atom is 0.321 e. The van der Waals surface area contributed by atoms with Gasteiger partial charge in [-0.1, -0.05) is 82.3 Å². The monoisotopic (exact) mass is 527 g/mol. The van der Waals surface area contributed by atoms with E-state index in [0.717, 1.165) is 32.9 Å². The van der Waals surface area contributed by atoms with E-state index in [-0.39, 0.29) is 24.1 Å². The van der Waals surface area contributed by atoms with E-state index in [1.165, 1.54) is 21.6 Å². The molecule has 0 bridgehead atoms. The lowest BCUT2D eigenvalue weighted by Gasteiger charge is -2.26. The summed E-state index contributed by atoms with van der Waals surface area (Å²) in [6.07, 6.45) is 0. The number of hydrogen-bond acceptors (Lipinski definition) is 6. The summed E-state index contributed by atoms with van der Waals surface area (Å²) in [5.41, 5.74) is 13.3. The normalized spacial score (nSPS) is 12.6. The zero-order valence-electron chi connectivity index (χ0n) is 18.7. The van der Waals surface area contributed by atoms with Crippen molar-refractivity contribution in [3.05, 3.63) is 84.9 Å². The Balaban J connectivity index is 0.00000342. The molecule has 0 radical (unpaired) electrons. The van der Waals surface area contributed by atoms with Gasteiger partial charge in [0.25, 0.3) is 0 Å². The van der Waals surface area contributed by atoms with Gasteiger partial charge in [-0.25, -0.2) is 0 Å². The van der Waals surface area contributed by atoms with Gasteiger partial charge in [0.1, 0.15) is 6.04 Å². The van der Waals surface area contributed by atoms with Crippen LogP contribution in [0.2, 0.25) is 0 Å². The van der Waals surface area contributed by atoms with Crippen LogP contribution < -0.4 is 16.4 Å². The van der Waals surface area contributed by atoms with E-state index in [1.54, 1.807) is 4.90 Å². The summed E-state index contributed by atoms with van der Waals surface area (Å²) < 4.78 is 0. The smallest absolute Gasteiger partial charge is 0.321 e. The van der Waals surface area contributed by atoms with E-state index in [1.807, 2.05) is 84.9 Å². The van der Waals surface area contributed by atoms with Gasteiger partial charge < -0.3 is 16.6 Å². The van der Waals surface area contributed by atoms with Crippen molar-refractivity contribution in [3.63, 3.8) is 0 Å². The summed E-state index contributed by atoms with van der Waals surface area (Å²) >= 11 is 0. The van der Waals surface area contributed by atoms with Crippen LogP contribution in [0.4, 0.5) is 11.4 Å². The molecule has 0 heterocycles. The molecule has 0 saturated carbocycles. The van der Waals surface area contributed by atoms with Crippen LogP contribution in [0.15, 0.2) is 84.9 Å². The first kappa shape index (κ1) is 26.8. The quantitative estimate of drug-likeness (QED) is 0.203. The zero-order chi connectivity index (χ0) is 24.1. The minimum Gasteiger partial charge on any atom is -0.480 e. The number of nitrogens with two attached hydrogens (primary N) is 2. The summed E-state index contributed by atoms with van der Waals surface area (Å²) in [6.45, 7) is 0. The van der Waals surface area contributed by atoms with Crippen LogP contribution in [0.5, 0.6) is 0 Å². The Morgan fingerprint density at radius 2 is 1.14 bits per heavy atom. The van der Waals surface area contributed by atoms with Gasteiger partial charge in [0.15, 0.2) is 0 Å². The minimum atomic E-state index is -1.05. The summed E-state index contributed by atoms with van der Waals surface area (Å²) in [5.74, 6) is -0.721. The number of carboxylic acid groups (broad SMARTS) is 1. The van der Waals surface area contributed by atoms with Crippen molar-refractivity contribution in [1.82, 2.24) is 0 Å². The molecule has 0 spiro atoms. The highest BCUT2D eigenvalue weighted by molar-refractivity contribution is 8.76. The van der Waals surface area contributed by atoms with Gasteiger partial charge in [-0.05, 0) is 45.8 Å². The Hall–Kier alpha value is -2.75. The molecule has 5 N–H and O–H groups in total. The maximum atomic E-state index is 13.6. The number of aliphatic carboxylic acids is 1. The highest BCUT2D eigenvalue weighted by atomic mass is 35.5. The Morgan fingerprint density at radius 3 is 1.60 bits per heavy atom. The highest BCUT2D eigenvalue weighted by Crippen LogP contribution is 2.32. The molecule has 4 aromatic carbocycles. The molecule has 0 fully saturated rings. The van der Waals surface area contributed by atoms with Crippen LogP contribution in [-0.2, 0) is 9.59 Å². The Morgan fingerprint density at radius 1 is 0.714 bits per heavy atom. The lowest BCUT2D eigenvalue weighted by atomic mass is 10.1. The molecule has 0 aliphatic rings. The van der Waals surface area contributed by atoms with Gasteiger partial charge >= 0.3 is 5.97 Å². The van der Waals surface area contributed by atoms with Crippen molar-refractivity contribution in [2.45, 2.75) is 12.1 Å². The topological polar surface area (TPSA) is 110 Å². The largest absolute Gasteiger partial charge is 0.480 e. The summed E-state index contributed by atoms with van der Waals surface area (Å²) in [6, 6.07) is 26.1. The Labute approximate surface area is 217 Å². The average molecular weight is 528 g/mol. The number of carboxylic acids is 1. The second kappa shape index (κ2) is 12.3. The maximum absolute atomic E-state index is 13.6.